The van der Waals surface area contributed by atoms with Crippen molar-refractivity contribution in [3.05, 3.63) is 58.6 Å². The molecule has 6 heteroatoms. The highest BCUT2D eigenvalue weighted by Gasteiger charge is 2.72. The molecule has 24 heavy (non-hydrogen) atoms. The molecule has 0 radical (unpaired) electrons. The third kappa shape index (κ3) is 2.59. The average Bonchev–Trinajstić information content (AvgIpc) is 2.72. The average molecular weight is 388 g/mol. The summed E-state index contributed by atoms with van der Waals surface area (Å²) in [5.74, 6) is 3.96. The number of rotatable bonds is 4. The molecule has 0 saturated carbocycles. The smallest absolute Gasteiger partial charge is 0.231 e. The van der Waals surface area contributed by atoms with Crippen LogP contribution in [0, 0.1) is 11.8 Å². The van der Waals surface area contributed by atoms with E-state index in [1.807, 2.05) is 18.2 Å². The van der Waals surface area contributed by atoms with Crippen LogP contribution in [0.25, 0.3) is 0 Å². The highest BCUT2D eigenvalue weighted by atomic mass is 35.5. The van der Waals surface area contributed by atoms with Gasteiger partial charge in [-0.25, -0.2) is 0 Å². The topological polar surface area (TPSA) is 38.7 Å². The Kier molecular flexibility index (Phi) is 5.71. The summed E-state index contributed by atoms with van der Waals surface area (Å²) in [6.45, 7) is 3.68. The Morgan fingerprint density at radius 2 is 1.75 bits per heavy atom. The lowest BCUT2D eigenvalue weighted by molar-refractivity contribution is -0.207. The van der Waals surface area contributed by atoms with Gasteiger partial charge in [-0.1, -0.05) is 59.3 Å². The first kappa shape index (κ1) is 19.3. The van der Waals surface area contributed by atoms with Crippen LogP contribution >= 0.6 is 34.8 Å². The van der Waals surface area contributed by atoms with Gasteiger partial charge in [-0.15, -0.1) is 18.2 Å². The van der Waals surface area contributed by atoms with Crippen LogP contribution in [0.1, 0.15) is 12.0 Å². The van der Waals surface area contributed by atoms with Gasteiger partial charge in [-0.05, 0) is 18.6 Å². The predicted molar refractivity (Wildman–Crippen MR) is 97.1 cm³/mol. The largest absolute Gasteiger partial charge is 0.371 e. The number of allylic oxidation sites excluding steroid dienone is 1. The van der Waals surface area contributed by atoms with E-state index in [2.05, 4.69) is 18.4 Å². The van der Waals surface area contributed by atoms with Crippen molar-refractivity contribution in [1.29, 1.82) is 0 Å². The molecule has 2 atom stereocenters. The van der Waals surface area contributed by atoms with Crippen LogP contribution in [-0.4, -0.2) is 35.6 Å². The van der Waals surface area contributed by atoms with Gasteiger partial charge in [0, 0.05) is 19.8 Å². The van der Waals surface area contributed by atoms with Crippen molar-refractivity contribution in [2.75, 3.05) is 14.2 Å². The summed E-state index contributed by atoms with van der Waals surface area (Å²) in [6.07, 6.45) is 1.61. The maximum Gasteiger partial charge on any atom is 0.231 e. The summed E-state index contributed by atoms with van der Waals surface area (Å²) < 4.78 is 10.9. The normalized spacial score (nSPS) is 28.4. The van der Waals surface area contributed by atoms with Gasteiger partial charge in [-0.2, -0.15) is 0 Å². The lowest BCUT2D eigenvalue weighted by Crippen LogP contribution is -2.61. The molecular formula is C18H17Cl3O3. The molecule has 0 saturated heterocycles. The molecule has 1 aliphatic rings. The zero-order valence-corrected chi connectivity index (χ0v) is 15.5. The molecule has 128 valence electrons. The Hall–Kier alpha value is -0.990. The van der Waals surface area contributed by atoms with Crippen LogP contribution in [0.3, 0.4) is 0 Å². The van der Waals surface area contributed by atoms with E-state index in [9.17, 15) is 5.11 Å². The van der Waals surface area contributed by atoms with Crippen molar-refractivity contribution < 1.29 is 14.6 Å². The molecule has 1 aromatic carbocycles. The van der Waals surface area contributed by atoms with Gasteiger partial charge in [0.15, 0.2) is 10.5 Å². The van der Waals surface area contributed by atoms with Gasteiger partial charge in [0.25, 0.3) is 0 Å². The van der Waals surface area contributed by atoms with Crippen molar-refractivity contribution in [1.82, 2.24) is 0 Å². The SMILES string of the molecule is C=CC[C@]1(Cl)C(OC)(OC)C(Cl)=C(Cl)[C@]1(O)C#Cc1ccccc1. The molecule has 0 aliphatic heterocycles. The molecule has 1 N–H and O–H groups in total. The molecule has 1 aromatic rings. The van der Waals surface area contributed by atoms with Gasteiger partial charge in [0.2, 0.25) is 5.79 Å². The highest BCUT2D eigenvalue weighted by Crippen LogP contribution is 2.60. The zero-order valence-electron chi connectivity index (χ0n) is 13.3. The molecule has 1 aliphatic carbocycles. The Labute approximate surface area is 156 Å². The van der Waals surface area contributed by atoms with Crippen LogP contribution in [0.15, 0.2) is 53.1 Å². The second-order valence-corrected chi connectivity index (χ2v) is 6.67. The van der Waals surface area contributed by atoms with Crippen LogP contribution in [-0.2, 0) is 9.47 Å². The van der Waals surface area contributed by atoms with E-state index in [1.165, 1.54) is 20.3 Å². The van der Waals surface area contributed by atoms with E-state index in [1.54, 1.807) is 12.1 Å². The second kappa shape index (κ2) is 7.09. The van der Waals surface area contributed by atoms with Gasteiger partial charge >= 0.3 is 0 Å². The molecule has 0 amide bonds. The summed E-state index contributed by atoms with van der Waals surface area (Å²) in [5, 5.41) is 11.1. The maximum atomic E-state index is 11.3. The van der Waals surface area contributed by atoms with Crippen LogP contribution in [0.2, 0.25) is 0 Å². The van der Waals surface area contributed by atoms with Crippen molar-refractivity contribution in [2.45, 2.75) is 22.7 Å². The molecule has 0 fully saturated rings. The minimum absolute atomic E-state index is 0.0455. The number of benzene rings is 1. The summed E-state index contributed by atoms with van der Waals surface area (Å²) in [5.41, 5.74) is -1.29. The minimum atomic E-state index is -1.98. The Morgan fingerprint density at radius 1 is 1.17 bits per heavy atom. The van der Waals surface area contributed by atoms with Crippen molar-refractivity contribution in [3.63, 3.8) is 0 Å². The van der Waals surface area contributed by atoms with Crippen LogP contribution in [0.4, 0.5) is 0 Å². The van der Waals surface area contributed by atoms with Crippen molar-refractivity contribution in [3.8, 4) is 11.8 Å². The first-order valence-corrected chi connectivity index (χ1v) is 8.23. The van der Waals surface area contributed by atoms with Gasteiger partial charge in [0.05, 0.1) is 10.1 Å². The number of aliphatic hydroxyl groups is 1. The number of halogens is 3. The summed E-state index contributed by atoms with van der Waals surface area (Å²) in [7, 11) is 2.74. The first-order chi connectivity index (χ1) is 11.3. The van der Waals surface area contributed by atoms with Gasteiger partial charge in [0.1, 0.15) is 0 Å². The highest BCUT2D eigenvalue weighted by molar-refractivity contribution is 6.44. The monoisotopic (exact) mass is 386 g/mol. The lowest BCUT2D eigenvalue weighted by atomic mass is 9.83. The molecule has 0 aromatic heterocycles. The zero-order chi connectivity index (χ0) is 18.0. The summed E-state index contributed by atoms with van der Waals surface area (Å²) in [6, 6.07) is 9.13. The predicted octanol–water partition coefficient (Wildman–Crippen LogP) is 4.01. The van der Waals surface area contributed by atoms with E-state index in [4.69, 9.17) is 44.3 Å². The fraction of sp³-hybridized carbons (Fsp3) is 0.333. The fourth-order valence-corrected chi connectivity index (χ4v) is 4.18. The van der Waals surface area contributed by atoms with Gasteiger partial charge < -0.3 is 14.6 Å². The van der Waals surface area contributed by atoms with Gasteiger partial charge in [-0.3, -0.25) is 0 Å². The Morgan fingerprint density at radius 3 is 2.25 bits per heavy atom. The standard InChI is InChI=1S/C18H17Cl3O3/c1-4-11-17(21)16(22,12-10-13-8-6-5-7-9-13)14(19)15(20)18(17,23-2)24-3/h4-9,22H,1,11H2,2-3H3/t16-,17-/m1/s1. The van der Waals surface area contributed by atoms with Crippen molar-refractivity contribution in [2.24, 2.45) is 0 Å². The number of hydrogen-bond acceptors (Lipinski definition) is 3. The first-order valence-electron chi connectivity index (χ1n) is 7.10. The number of ether oxygens (including phenoxy) is 2. The second-order valence-electron chi connectivity index (χ2n) is 5.27. The molecule has 0 spiro atoms. The summed E-state index contributed by atoms with van der Waals surface area (Å²) >= 11 is 19.4. The van der Waals surface area contributed by atoms with E-state index in [-0.39, 0.29) is 16.5 Å². The quantitative estimate of drug-likeness (QED) is 0.367. The van der Waals surface area contributed by atoms with E-state index < -0.39 is 16.3 Å². The van der Waals surface area contributed by atoms with Crippen LogP contribution in [0.5, 0.6) is 0 Å². The van der Waals surface area contributed by atoms with Crippen molar-refractivity contribution >= 4 is 34.8 Å². The van der Waals surface area contributed by atoms with E-state index in [0.29, 0.717) is 5.56 Å². The molecule has 0 bridgehead atoms. The Balaban J connectivity index is 2.66. The molecular weight excluding hydrogens is 371 g/mol. The van der Waals surface area contributed by atoms with E-state index in [0.717, 1.165) is 0 Å². The molecule has 3 nitrogen and oxygen atoms in total. The number of alkyl halides is 1. The Bertz CT molecular complexity index is 716. The minimum Gasteiger partial charge on any atom is -0.371 e. The molecule has 2 rings (SSSR count). The third-order valence-corrected chi connectivity index (χ3v) is 5.73. The molecule has 0 heterocycles. The fourth-order valence-electron chi connectivity index (χ4n) is 2.79. The summed E-state index contributed by atoms with van der Waals surface area (Å²) in [4.78, 5) is -1.61. The number of hydrogen-bond donors (Lipinski definition) is 1. The molecule has 0 unspecified atom stereocenters. The van der Waals surface area contributed by atoms with Crippen LogP contribution < -0.4 is 0 Å². The maximum absolute atomic E-state index is 11.3. The third-order valence-electron chi connectivity index (χ3n) is 4.06. The lowest BCUT2D eigenvalue weighted by Gasteiger charge is -2.43. The number of methoxy groups -OCH3 is 2. The van der Waals surface area contributed by atoms with E-state index >= 15 is 0 Å².